The highest BCUT2D eigenvalue weighted by molar-refractivity contribution is 6.62. The number of hydrogen-bond acceptors (Lipinski definition) is 6. The summed E-state index contributed by atoms with van der Waals surface area (Å²) < 4.78 is 24.6. The average Bonchev–Trinajstić information content (AvgIpc) is 3.56. The van der Waals surface area contributed by atoms with Crippen LogP contribution in [0.25, 0.3) is 0 Å². The first-order valence-corrected chi connectivity index (χ1v) is 12.2. The van der Waals surface area contributed by atoms with Crippen LogP contribution in [-0.2, 0) is 26.6 Å². The van der Waals surface area contributed by atoms with Crippen molar-refractivity contribution in [3.05, 3.63) is 36.0 Å². The molecule has 1 saturated heterocycles. The van der Waals surface area contributed by atoms with Crippen molar-refractivity contribution >= 4 is 18.7 Å². The number of nitrogens with zero attached hydrogens (tertiary/aromatic N) is 2. The second-order valence-electron chi connectivity index (χ2n) is 11.7. The van der Waals surface area contributed by atoms with Crippen LogP contribution in [0.5, 0.6) is 0 Å². The van der Waals surface area contributed by atoms with E-state index < -0.39 is 5.60 Å². The monoisotopic (exact) mass is 471 g/mol. The van der Waals surface area contributed by atoms with Gasteiger partial charge in [-0.15, -0.1) is 0 Å². The van der Waals surface area contributed by atoms with Crippen molar-refractivity contribution in [2.45, 2.75) is 102 Å². The Kier molecular flexibility index (Phi) is 6.18. The number of alkyl carbamates (subject to hydrolysis) is 1. The predicted molar refractivity (Wildman–Crippen MR) is 130 cm³/mol. The lowest BCUT2D eigenvalue weighted by Gasteiger charge is -2.32. The van der Waals surface area contributed by atoms with Gasteiger partial charge < -0.3 is 23.8 Å². The van der Waals surface area contributed by atoms with Gasteiger partial charge in [0.25, 0.3) is 0 Å². The van der Waals surface area contributed by atoms with E-state index in [0.717, 1.165) is 29.8 Å². The van der Waals surface area contributed by atoms with Crippen LogP contribution < -0.4 is 10.8 Å². The highest BCUT2D eigenvalue weighted by atomic mass is 16.7. The molecule has 2 aromatic heterocycles. The standard InChI is InChI=1S/C13H21BN2O2.C12H17NO3/c1-12(2)13(3,4)18-14(17-12)10-8-16(5)15-11(10)9-6-7-9;1-11(2,3)16-10(14)13-12(6-7-12)9-5-4-8-15-9/h8-9H,6-7H2,1-5H3;4-5,8H,6-7H2,1-3H3,(H,13,14). The summed E-state index contributed by atoms with van der Waals surface area (Å²) >= 11 is 0. The van der Waals surface area contributed by atoms with Crippen molar-refractivity contribution in [2.24, 2.45) is 7.05 Å². The quantitative estimate of drug-likeness (QED) is 0.666. The first-order chi connectivity index (χ1) is 15.7. The van der Waals surface area contributed by atoms with Gasteiger partial charge >= 0.3 is 13.2 Å². The highest BCUT2D eigenvalue weighted by Gasteiger charge is 2.53. The molecule has 2 saturated carbocycles. The van der Waals surface area contributed by atoms with Gasteiger partial charge in [0.05, 0.1) is 23.2 Å². The molecule has 1 amide bonds. The summed E-state index contributed by atoms with van der Waals surface area (Å²) in [5.74, 6) is 1.42. The fourth-order valence-electron chi connectivity index (χ4n) is 3.96. The lowest BCUT2D eigenvalue weighted by atomic mass is 9.78. The van der Waals surface area contributed by atoms with Crippen molar-refractivity contribution in [1.82, 2.24) is 15.1 Å². The van der Waals surface area contributed by atoms with Crippen LogP contribution in [0.2, 0.25) is 0 Å². The van der Waals surface area contributed by atoms with E-state index in [4.69, 9.17) is 18.5 Å². The highest BCUT2D eigenvalue weighted by Crippen LogP contribution is 2.46. The van der Waals surface area contributed by atoms with Crippen molar-refractivity contribution < 1.29 is 23.3 Å². The number of ether oxygens (including phenoxy) is 1. The molecule has 0 radical (unpaired) electrons. The molecule has 186 valence electrons. The van der Waals surface area contributed by atoms with E-state index >= 15 is 0 Å². The van der Waals surface area contributed by atoms with E-state index in [2.05, 4.69) is 38.1 Å². The number of carbonyl (C=O) groups excluding carboxylic acids is 1. The summed E-state index contributed by atoms with van der Waals surface area (Å²) in [6.45, 7) is 13.9. The number of furan rings is 1. The third kappa shape index (κ3) is 5.36. The Morgan fingerprint density at radius 1 is 1.18 bits per heavy atom. The number of rotatable bonds is 4. The van der Waals surface area contributed by atoms with Gasteiger partial charge in [-0.3, -0.25) is 4.68 Å². The summed E-state index contributed by atoms with van der Waals surface area (Å²) in [4.78, 5) is 11.6. The fraction of sp³-hybridized carbons (Fsp3) is 0.680. The molecule has 0 atom stereocenters. The Morgan fingerprint density at radius 2 is 1.79 bits per heavy atom. The summed E-state index contributed by atoms with van der Waals surface area (Å²) in [5.41, 5.74) is 0.910. The molecule has 9 heteroatoms. The number of hydrogen-bond donors (Lipinski definition) is 1. The third-order valence-corrected chi connectivity index (χ3v) is 6.84. The Morgan fingerprint density at radius 3 is 2.26 bits per heavy atom. The summed E-state index contributed by atoms with van der Waals surface area (Å²) in [6.07, 6.45) is 7.55. The number of amides is 1. The molecule has 3 heterocycles. The number of nitrogens with one attached hydrogen (secondary N) is 1. The molecule has 2 aromatic rings. The van der Waals surface area contributed by atoms with E-state index in [0.29, 0.717) is 5.92 Å². The molecule has 0 bridgehead atoms. The second kappa shape index (κ2) is 8.45. The molecule has 3 aliphatic rings. The van der Waals surface area contributed by atoms with Gasteiger partial charge in [0.15, 0.2) is 0 Å². The number of aromatic nitrogens is 2. The van der Waals surface area contributed by atoms with Crippen LogP contribution in [0.3, 0.4) is 0 Å². The lowest BCUT2D eigenvalue weighted by molar-refractivity contribution is 0.00578. The Balaban J connectivity index is 0.000000162. The van der Waals surface area contributed by atoms with E-state index in [9.17, 15) is 4.79 Å². The van der Waals surface area contributed by atoms with Crippen LogP contribution in [0, 0.1) is 0 Å². The van der Waals surface area contributed by atoms with Crippen LogP contribution in [0.1, 0.15) is 91.5 Å². The van der Waals surface area contributed by atoms with E-state index in [1.54, 1.807) is 6.26 Å². The zero-order chi connectivity index (χ0) is 24.9. The maximum absolute atomic E-state index is 11.6. The summed E-state index contributed by atoms with van der Waals surface area (Å²) in [6, 6.07) is 3.70. The molecule has 1 N–H and O–H groups in total. The van der Waals surface area contributed by atoms with E-state index in [1.165, 1.54) is 12.8 Å². The van der Waals surface area contributed by atoms with Gasteiger partial charge in [0.1, 0.15) is 16.9 Å². The number of aryl methyl sites for hydroxylation is 1. The summed E-state index contributed by atoms with van der Waals surface area (Å²) in [7, 11) is 1.68. The first-order valence-electron chi connectivity index (χ1n) is 12.2. The van der Waals surface area contributed by atoms with Crippen molar-refractivity contribution in [2.75, 3.05) is 0 Å². The molecule has 5 rings (SSSR count). The SMILES string of the molecule is CC(C)(C)OC(=O)NC1(c2ccco2)CC1.Cn1cc(B2OC(C)(C)C(C)(C)O2)c(C2CC2)n1. The largest absolute Gasteiger partial charge is 0.498 e. The van der Waals surface area contributed by atoms with Crippen LogP contribution in [0.15, 0.2) is 29.0 Å². The van der Waals surface area contributed by atoms with E-state index in [-0.39, 0.29) is 30.0 Å². The van der Waals surface area contributed by atoms with Crippen LogP contribution in [-0.4, -0.2) is 39.8 Å². The maximum Gasteiger partial charge on any atom is 0.498 e. The van der Waals surface area contributed by atoms with Crippen LogP contribution >= 0.6 is 0 Å². The molecule has 2 aliphatic carbocycles. The van der Waals surface area contributed by atoms with Gasteiger partial charge in [0.2, 0.25) is 0 Å². The zero-order valence-electron chi connectivity index (χ0n) is 21.7. The van der Waals surface area contributed by atoms with Gasteiger partial charge in [-0.05, 0) is 86.3 Å². The minimum absolute atomic E-state index is 0.278. The third-order valence-electron chi connectivity index (χ3n) is 6.84. The molecule has 3 fully saturated rings. The zero-order valence-corrected chi connectivity index (χ0v) is 21.7. The molecule has 8 nitrogen and oxygen atoms in total. The molecule has 0 aromatic carbocycles. The summed E-state index contributed by atoms with van der Waals surface area (Å²) in [5, 5.41) is 7.44. The molecule has 0 unspecified atom stereocenters. The molecule has 34 heavy (non-hydrogen) atoms. The topological polar surface area (TPSA) is 87.8 Å². The average molecular weight is 471 g/mol. The predicted octanol–water partition coefficient (Wildman–Crippen LogP) is 4.39. The van der Waals surface area contributed by atoms with Crippen molar-refractivity contribution in [3.8, 4) is 0 Å². The minimum Gasteiger partial charge on any atom is -0.467 e. The Hall–Kier alpha value is -2.26. The molecular weight excluding hydrogens is 433 g/mol. The van der Waals surface area contributed by atoms with Gasteiger partial charge in [0, 0.05) is 24.6 Å². The normalized spacial score (nSPS) is 22.1. The Bertz CT molecular complexity index is 998. The molecular formula is C25H38BN3O5. The molecule has 1 aliphatic heterocycles. The molecule has 0 spiro atoms. The smallest absolute Gasteiger partial charge is 0.467 e. The first kappa shape index (κ1) is 24.9. The van der Waals surface area contributed by atoms with E-state index in [1.807, 2.05) is 50.8 Å². The van der Waals surface area contributed by atoms with Gasteiger partial charge in [-0.25, -0.2) is 4.79 Å². The fourth-order valence-corrected chi connectivity index (χ4v) is 3.96. The lowest BCUT2D eigenvalue weighted by Crippen LogP contribution is -2.41. The van der Waals surface area contributed by atoms with Crippen molar-refractivity contribution in [3.63, 3.8) is 0 Å². The number of carbonyl (C=O) groups is 1. The van der Waals surface area contributed by atoms with Gasteiger partial charge in [-0.1, -0.05) is 0 Å². The van der Waals surface area contributed by atoms with Crippen LogP contribution in [0.4, 0.5) is 4.79 Å². The van der Waals surface area contributed by atoms with Crippen molar-refractivity contribution in [1.29, 1.82) is 0 Å². The van der Waals surface area contributed by atoms with Gasteiger partial charge in [-0.2, -0.15) is 5.10 Å². The second-order valence-corrected chi connectivity index (χ2v) is 11.7. The maximum atomic E-state index is 11.6. The Labute approximate surface area is 202 Å². The minimum atomic E-state index is -0.469.